The quantitative estimate of drug-likeness (QED) is 0.439. The van der Waals surface area contributed by atoms with Crippen molar-refractivity contribution in [1.82, 2.24) is 10.2 Å². The van der Waals surface area contributed by atoms with Crippen LogP contribution in [0.5, 0.6) is 0 Å². The van der Waals surface area contributed by atoms with Crippen LogP contribution < -0.4 is 11.1 Å². The Bertz CT molecular complexity index is 303. The van der Waals surface area contributed by atoms with Gasteiger partial charge in [0.05, 0.1) is 6.04 Å². The minimum absolute atomic E-state index is 0.109. The van der Waals surface area contributed by atoms with E-state index in [0.717, 1.165) is 0 Å². The van der Waals surface area contributed by atoms with Crippen LogP contribution in [0.2, 0.25) is 0 Å². The molecule has 1 unspecified atom stereocenters. The number of nitrogens with two attached hydrogens (primary N) is 1. The lowest BCUT2D eigenvalue weighted by atomic mass is 10.1. The van der Waals surface area contributed by atoms with E-state index in [1.54, 1.807) is 7.11 Å². The molecule has 3 amide bonds. The molecule has 1 rings (SSSR count). The number of carbonyl (C=O) groups excluding carboxylic acids is 3. The summed E-state index contributed by atoms with van der Waals surface area (Å²) in [5, 5.41) is 2.12. The summed E-state index contributed by atoms with van der Waals surface area (Å²) in [6.45, 7) is 0.311. The largest absolute Gasteiger partial charge is 0.385 e. The molecule has 7 nitrogen and oxygen atoms in total. The van der Waals surface area contributed by atoms with Gasteiger partial charge in [0, 0.05) is 13.7 Å². The van der Waals surface area contributed by atoms with E-state index in [1.165, 1.54) is 4.90 Å². The van der Waals surface area contributed by atoms with Crippen LogP contribution in [0, 0.1) is 0 Å². The standard InChI is InChI=1S/C10H17N3O4/c1-17-4-2-3-7(11)10(16)13-5-8(14)12-9(15)6-13/h7H,2-6,11H2,1H3,(H,12,14,15). The normalized spacial score (nSPS) is 17.9. The molecule has 17 heavy (non-hydrogen) atoms. The summed E-state index contributed by atoms with van der Waals surface area (Å²) in [5.74, 6) is -1.32. The van der Waals surface area contributed by atoms with Crippen molar-refractivity contribution in [2.75, 3.05) is 26.8 Å². The van der Waals surface area contributed by atoms with E-state index >= 15 is 0 Å². The predicted molar refractivity (Wildman–Crippen MR) is 58.8 cm³/mol. The maximum absolute atomic E-state index is 11.8. The minimum Gasteiger partial charge on any atom is -0.385 e. The second-order valence-electron chi connectivity index (χ2n) is 3.91. The molecule has 1 aliphatic rings. The van der Waals surface area contributed by atoms with Gasteiger partial charge in [-0.25, -0.2) is 0 Å². The average Bonchev–Trinajstić information content (AvgIpc) is 2.27. The summed E-state index contributed by atoms with van der Waals surface area (Å²) in [6, 6.07) is -0.691. The first-order chi connectivity index (χ1) is 8.04. The van der Waals surface area contributed by atoms with Gasteiger partial charge in [-0.3, -0.25) is 19.7 Å². The lowest BCUT2D eigenvalue weighted by Gasteiger charge is -2.27. The van der Waals surface area contributed by atoms with Crippen LogP contribution >= 0.6 is 0 Å². The van der Waals surface area contributed by atoms with Crippen molar-refractivity contribution < 1.29 is 19.1 Å². The van der Waals surface area contributed by atoms with Crippen LogP contribution in [0.1, 0.15) is 12.8 Å². The monoisotopic (exact) mass is 243 g/mol. The van der Waals surface area contributed by atoms with Crippen molar-refractivity contribution in [2.45, 2.75) is 18.9 Å². The molecule has 0 spiro atoms. The fourth-order valence-corrected chi connectivity index (χ4v) is 1.60. The average molecular weight is 243 g/mol. The van der Waals surface area contributed by atoms with Gasteiger partial charge in [-0.05, 0) is 12.8 Å². The third-order valence-corrected chi connectivity index (χ3v) is 2.44. The molecule has 1 atom stereocenters. The van der Waals surface area contributed by atoms with Crippen LogP contribution in [-0.4, -0.2) is 55.5 Å². The van der Waals surface area contributed by atoms with Gasteiger partial charge in [0.15, 0.2) is 0 Å². The molecule has 1 saturated heterocycles. The first-order valence-electron chi connectivity index (χ1n) is 5.40. The van der Waals surface area contributed by atoms with Gasteiger partial charge in [0.25, 0.3) is 0 Å². The van der Waals surface area contributed by atoms with Gasteiger partial charge in [0.2, 0.25) is 17.7 Å². The topological polar surface area (TPSA) is 102 Å². The van der Waals surface area contributed by atoms with Gasteiger partial charge < -0.3 is 15.4 Å². The zero-order valence-electron chi connectivity index (χ0n) is 9.77. The van der Waals surface area contributed by atoms with E-state index in [0.29, 0.717) is 19.4 Å². The van der Waals surface area contributed by atoms with E-state index in [-0.39, 0.29) is 19.0 Å². The Labute approximate surface area is 99.3 Å². The number of carbonyl (C=O) groups is 3. The minimum atomic E-state index is -0.691. The van der Waals surface area contributed by atoms with Gasteiger partial charge in [-0.1, -0.05) is 0 Å². The highest BCUT2D eigenvalue weighted by Crippen LogP contribution is 2.03. The van der Waals surface area contributed by atoms with Crippen LogP contribution in [0.3, 0.4) is 0 Å². The molecule has 1 heterocycles. The highest BCUT2D eigenvalue weighted by molar-refractivity contribution is 6.03. The lowest BCUT2D eigenvalue weighted by molar-refractivity contribution is -0.146. The van der Waals surface area contributed by atoms with E-state index in [4.69, 9.17) is 10.5 Å². The molecule has 0 saturated carbocycles. The fourth-order valence-electron chi connectivity index (χ4n) is 1.60. The van der Waals surface area contributed by atoms with Crippen molar-refractivity contribution in [3.8, 4) is 0 Å². The summed E-state index contributed by atoms with van der Waals surface area (Å²) >= 11 is 0. The van der Waals surface area contributed by atoms with Gasteiger partial charge >= 0.3 is 0 Å². The third kappa shape index (κ3) is 4.12. The Kier molecular flexibility index (Phi) is 5.05. The van der Waals surface area contributed by atoms with E-state index in [9.17, 15) is 14.4 Å². The number of imide groups is 1. The van der Waals surface area contributed by atoms with Crippen LogP contribution in [0.15, 0.2) is 0 Å². The predicted octanol–water partition coefficient (Wildman–Crippen LogP) is -1.77. The summed E-state index contributed by atoms with van der Waals surface area (Å²) in [6.07, 6.45) is 1.14. The highest BCUT2D eigenvalue weighted by Gasteiger charge is 2.29. The molecule has 1 aliphatic heterocycles. The molecule has 1 fully saturated rings. The summed E-state index contributed by atoms with van der Waals surface area (Å²) in [7, 11) is 1.57. The lowest BCUT2D eigenvalue weighted by Crippen LogP contribution is -2.56. The maximum atomic E-state index is 11.8. The smallest absolute Gasteiger partial charge is 0.246 e. The first kappa shape index (κ1) is 13.6. The van der Waals surface area contributed by atoms with Gasteiger partial charge in [-0.2, -0.15) is 0 Å². The first-order valence-corrected chi connectivity index (χ1v) is 5.40. The zero-order chi connectivity index (χ0) is 12.8. The fraction of sp³-hybridized carbons (Fsp3) is 0.700. The zero-order valence-corrected chi connectivity index (χ0v) is 9.77. The van der Waals surface area contributed by atoms with Crippen molar-refractivity contribution >= 4 is 17.7 Å². The number of hydrogen-bond donors (Lipinski definition) is 2. The molecule has 0 bridgehead atoms. The van der Waals surface area contributed by atoms with Crippen molar-refractivity contribution in [3.63, 3.8) is 0 Å². The summed E-state index contributed by atoms with van der Waals surface area (Å²) in [5.41, 5.74) is 5.69. The molecular formula is C10H17N3O4. The van der Waals surface area contributed by atoms with Crippen LogP contribution in [0.25, 0.3) is 0 Å². The molecule has 0 aromatic heterocycles. The molecule has 96 valence electrons. The number of rotatable bonds is 5. The Balaban J connectivity index is 2.45. The second kappa shape index (κ2) is 6.31. The third-order valence-electron chi connectivity index (χ3n) is 2.44. The van der Waals surface area contributed by atoms with Gasteiger partial charge in [0.1, 0.15) is 13.1 Å². The molecule has 0 aliphatic carbocycles. The Morgan fingerprint density at radius 3 is 2.59 bits per heavy atom. The molecule has 0 aromatic rings. The molecule has 0 aromatic carbocycles. The highest BCUT2D eigenvalue weighted by atomic mass is 16.5. The van der Waals surface area contributed by atoms with Crippen molar-refractivity contribution in [2.24, 2.45) is 5.73 Å². The van der Waals surface area contributed by atoms with E-state index in [2.05, 4.69) is 5.32 Å². The number of ether oxygens (including phenoxy) is 1. The van der Waals surface area contributed by atoms with Crippen molar-refractivity contribution in [3.05, 3.63) is 0 Å². The Morgan fingerprint density at radius 2 is 2.06 bits per heavy atom. The Morgan fingerprint density at radius 1 is 1.47 bits per heavy atom. The van der Waals surface area contributed by atoms with E-state index < -0.39 is 17.9 Å². The van der Waals surface area contributed by atoms with Crippen molar-refractivity contribution in [1.29, 1.82) is 0 Å². The van der Waals surface area contributed by atoms with Gasteiger partial charge in [-0.15, -0.1) is 0 Å². The molecule has 3 N–H and O–H groups in total. The van der Waals surface area contributed by atoms with E-state index in [1.807, 2.05) is 0 Å². The maximum Gasteiger partial charge on any atom is 0.246 e. The van der Waals surface area contributed by atoms with Crippen LogP contribution in [0.4, 0.5) is 0 Å². The number of amides is 3. The SMILES string of the molecule is COCCCC(N)C(=O)N1CC(=O)NC(=O)C1. The summed E-state index contributed by atoms with van der Waals surface area (Å²) < 4.78 is 4.85. The number of methoxy groups -OCH3 is 1. The Hall–Kier alpha value is -1.47. The second-order valence-corrected chi connectivity index (χ2v) is 3.91. The number of hydrogen-bond acceptors (Lipinski definition) is 5. The number of piperazine rings is 1. The summed E-state index contributed by atoms with van der Waals surface area (Å²) in [4.78, 5) is 35.2. The number of nitrogens with zero attached hydrogens (tertiary/aromatic N) is 1. The number of nitrogens with one attached hydrogen (secondary N) is 1. The molecule has 0 radical (unpaired) electrons. The van der Waals surface area contributed by atoms with Crippen LogP contribution in [-0.2, 0) is 19.1 Å². The molecular weight excluding hydrogens is 226 g/mol. The molecule has 7 heteroatoms.